The smallest absolute Gasteiger partial charge is 0.308 e. The normalized spacial score (nSPS) is 24.1. The Labute approximate surface area is 226 Å². The van der Waals surface area contributed by atoms with E-state index in [1.54, 1.807) is 27.7 Å². The van der Waals surface area contributed by atoms with Crippen molar-refractivity contribution in [1.29, 1.82) is 0 Å². The first-order chi connectivity index (χ1) is 17.5. The fraction of sp³-hybridized carbons (Fsp3) is 0.846. The first kappa shape index (κ1) is 32.2. The van der Waals surface area contributed by atoms with Crippen molar-refractivity contribution < 1.29 is 37.8 Å². The van der Waals surface area contributed by atoms with Gasteiger partial charge in [-0.25, -0.2) is 0 Å². The summed E-state index contributed by atoms with van der Waals surface area (Å²) in [5.74, 6) is -1.48. The SMILES string of the molecule is CCOP(C)(=O)CC(=O)N1O[C@H](CC(C)C)C(=O)N2[C@@H]1CN(CCC(=O)OC(C)(C)C)C(=O)[C@@H]2CC(C)C. The molecule has 0 spiro atoms. The van der Waals surface area contributed by atoms with Crippen LogP contribution in [0.4, 0.5) is 0 Å². The van der Waals surface area contributed by atoms with Gasteiger partial charge in [0.2, 0.25) is 13.3 Å². The first-order valence-electron chi connectivity index (χ1n) is 13.5. The molecule has 0 N–H and O–H groups in total. The van der Waals surface area contributed by atoms with E-state index in [1.807, 2.05) is 27.7 Å². The van der Waals surface area contributed by atoms with Crippen molar-refractivity contribution in [1.82, 2.24) is 14.9 Å². The van der Waals surface area contributed by atoms with Crippen LogP contribution in [0, 0.1) is 11.8 Å². The molecule has 2 fully saturated rings. The maximum absolute atomic E-state index is 13.7. The van der Waals surface area contributed by atoms with Crippen LogP contribution in [0.1, 0.15) is 74.7 Å². The van der Waals surface area contributed by atoms with Gasteiger partial charge in [-0.15, -0.1) is 0 Å². The number of hydrogen-bond acceptors (Lipinski definition) is 8. The Kier molecular flexibility index (Phi) is 11.0. The Morgan fingerprint density at radius 3 is 2.21 bits per heavy atom. The van der Waals surface area contributed by atoms with Crippen molar-refractivity contribution in [2.75, 3.05) is 32.5 Å². The topological polar surface area (TPSA) is 123 Å². The molecule has 0 aromatic carbocycles. The number of carbonyl (C=O) groups is 4. The van der Waals surface area contributed by atoms with Gasteiger partial charge < -0.3 is 19.1 Å². The van der Waals surface area contributed by atoms with Gasteiger partial charge in [0, 0.05) is 13.2 Å². The van der Waals surface area contributed by atoms with E-state index in [4.69, 9.17) is 14.1 Å². The zero-order valence-electron chi connectivity index (χ0n) is 24.4. The number of piperazine rings is 1. The second-order valence-corrected chi connectivity index (χ2v) is 14.6. The third-order valence-corrected chi connectivity index (χ3v) is 7.78. The molecule has 2 heterocycles. The number of fused-ring (bicyclic) bond motifs is 1. The average molecular weight is 560 g/mol. The number of amides is 3. The molecule has 0 saturated carbocycles. The van der Waals surface area contributed by atoms with E-state index in [9.17, 15) is 23.7 Å². The first-order valence-corrected chi connectivity index (χ1v) is 15.7. The molecule has 1 unspecified atom stereocenters. The van der Waals surface area contributed by atoms with E-state index in [0.717, 1.165) is 5.06 Å². The second-order valence-electron chi connectivity index (χ2n) is 12.0. The summed E-state index contributed by atoms with van der Waals surface area (Å²) >= 11 is 0. The highest BCUT2D eigenvalue weighted by molar-refractivity contribution is 7.59. The largest absolute Gasteiger partial charge is 0.460 e. The molecule has 0 aliphatic carbocycles. The Hall–Kier alpha value is -1.97. The zero-order valence-corrected chi connectivity index (χ0v) is 25.3. The summed E-state index contributed by atoms with van der Waals surface area (Å²) in [6.07, 6.45) is -1.56. The van der Waals surface area contributed by atoms with E-state index in [0.29, 0.717) is 12.8 Å². The maximum Gasteiger partial charge on any atom is 0.308 e. The molecule has 2 rings (SSSR count). The van der Waals surface area contributed by atoms with Crippen molar-refractivity contribution in [3.05, 3.63) is 0 Å². The minimum Gasteiger partial charge on any atom is -0.460 e. The van der Waals surface area contributed by atoms with Crippen LogP contribution in [0.15, 0.2) is 0 Å². The van der Waals surface area contributed by atoms with E-state index in [2.05, 4.69) is 0 Å². The lowest BCUT2D eigenvalue weighted by molar-refractivity contribution is -0.275. The summed E-state index contributed by atoms with van der Waals surface area (Å²) < 4.78 is 23.6. The van der Waals surface area contributed by atoms with Crippen LogP contribution in [0.25, 0.3) is 0 Å². The number of esters is 1. The summed E-state index contributed by atoms with van der Waals surface area (Å²) in [7, 11) is -3.25. The molecule has 4 atom stereocenters. The third-order valence-electron chi connectivity index (χ3n) is 6.14. The van der Waals surface area contributed by atoms with E-state index in [-0.39, 0.29) is 49.8 Å². The number of ether oxygens (including phenoxy) is 1. The van der Waals surface area contributed by atoms with Crippen molar-refractivity contribution in [3.8, 4) is 0 Å². The standard InChI is InChI=1S/C26H46N3O8P/c1-10-35-38(9,34)16-22(30)29-21-15-27(12-11-23(31)36-26(6,7)8)24(32)19(13-17(2)3)28(21)25(33)20(37-29)14-18(4)5/h17-21H,10-16H2,1-9H3/t19-,20+,21-,38?/m0/s1. The summed E-state index contributed by atoms with van der Waals surface area (Å²) in [5, 5.41) is 1.11. The lowest BCUT2D eigenvalue weighted by Crippen LogP contribution is -2.73. The van der Waals surface area contributed by atoms with Crippen LogP contribution >= 0.6 is 7.37 Å². The van der Waals surface area contributed by atoms with Gasteiger partial charge in [-0.2, -0.15) is 5.06 Å². The molecule has 0 bridgehead atoms. The Morgan fingerprint density at radius 2 is 1.68 bits per heavy atom. The number of rotatable bonds is 11. The molecule has 0 radical (unpaired) electrons. The predicted molar refractivity (Wildman–Crippen MR) is 142 cm³/mol. The molecule has 12 heteroatoms. The van der Waals surface area contributed by atoms with Gasteiger partial charge in [-0.3, -0.25) is 28.6 Å². The summed E-state index contributed by atoms with van der Waals surface area (Å²) in [6, 6.07) is -0.825. The van der Waals surface area contributed by atoms with Crippen LogP contribution in [0.3, 0.4) is 0 Å². The van der Waals surface area contributed by atoms with Gasteiger partial charge in [0.25, 0.3) is 11.8 Å². The number of hydroxylamine groups is 2. The fourth-order valence-corrected chi connectivity index (χ4v) is 6.00. The maximum atomic E-state index is 13.7. The van der Waals surface area contributed by atoms with Crippen LogP contribution in [0.5, 0.6) is 0 Å². The molecule has 218 valence electrons. The number of nitrogens with zero attached hydrogens (tertiary/aromatic N) is 3. The molecule has 2 saturated heterocycles. The molecular formula is C26H46N3O8P. The number of hydrogen-bond donors (Lipinski definition) is 0. The quantitative estimate of drug-likeness (QED) is 0.279. The number of carbonyl (C=O) groups excluding carboxylic acids is 4. The zero-order chi connectivity index (χ0) is 29.0. The molecule has 2 aliphatic rings. The molecule has 2 aliphatic heterocycles. The highest BCUT2D eigenvalue weighted by atomic mass is 31.2. The van der Waals surface area contributed by atoms with E-state index in [1.165, 1.54) is 16.5 Å². The van der Waals surface area contributed by atoms with Gasteiger partial charge >= 0.3 is 5.97 Å². The van der Waals surface area contributed by atoms with Crippen molar-refractivity contribution in [3.63, 3.8) is 0 Å². The summed E-state index contributed by atoms with van der Waals surface area (Å²) in [6.45, 7) is 16.4. The molecule has 3 amide bonds. The van der Waals surface area contributed by atoms with Gasteiger partial charge in [0.15, 0.2) is 12.3 Å². The highest BCUT2D eigenvalue weighted by Crippen LogP contribution is 2.43. The molecular weight excluding hydrogens is 513 g/mol. The van der Waals surface area contributed by atoms with Gasteiger partial charge in [-0.05, 0) is 52.4 Å². The van der Waals surface area contributed by atoms with Crippen molar-refractivity contribution >= 4 is 31.1 Å². The fourth-order valence-electron chi connectivity index (χ4n) is 4.73. The van der Waals surface area contributed by atoms with Gasteiger partial charge in [-0.1, -0.05) is 27.7 Å². The average Bonchev–Trinajstić information content (AvgIpc) is 2.74. The van der Waals surface area contributed by atoms with E-state index < -0.39 is 49.3 Å². The van der Waals surface area contributed by atoms with E-state index >= 15 is 0 Å². The van der Waals surface area contributed by atoms with Crippen molar-refractivity contribution in [2.24, 2.45) is 11.8 Å². The van der Waals surface area contributed by atoms with Crippen LogP contribution in [-0.2, 0) is 37.8 Å². The Morgan fingerprint density at radius 1 is 1.08 bits per heavy atom. The third kappa shape index (κ3) is 8.78. The summed E-state index contributed by atoms with van der Waals surface area (Å²) in [4.78, 5) is 62.1. The van der Waals surface area contributed by atoms with Gasteiger partial charge in [0.1, 0.15) is 17.8 Å². The van der Waals surface area contributed by atoms with Crippen LogP contribution in [-0.4, -0.2) is 95.0 Å². The Bertz CT molecular complexity index is 932. The Balaban J connectivity index is 2.42. The molecule has 0 aromatic rings. The molecule has 0 aromatic heterocycles. The van der Waals surface area contributed by atoms with Crippen LogP contribution in [0.2, 0.25) is 0 Å². The van der Waals surface area contributed by atoms with Crippen molar-refractivity contribution in [2.45, 2.75) is 98.6 Å². The minimum absolute atomic E-state index is 0.0304. The second kappa shape index (κ2) is 12.9. The van der Waals surface area contributed by atoms with Crippen LogP contribution < -0.4 is 0 Å². The molecule has 38 heavy (non-hydrogen) atoms. The summed E-state index contributed by atoms with van der Waals surface area (Å²) in [5.41, 5.74) is -0.660. The monoisotopic (exact) mass is 559 g/mol. The van der Waals surface area contributed by atoms with Gasteiger partial charge in [0.05, 0.1) is 19.6 Å². The lowest BCUT2D eigenvalue weighted by Gasteiger charge is -2.53. The molecule has 11 nitrogen and oxygen atoms in total. The minimum atomic E-state index is -3.25. The lowest BCUT2D eigenvalue weighted by atomic mass is 9.95. The predicted octanol–water partition coefficient (Wildman–Crippen LogP) is 3.26. The highest BCUT2D eigenvalue weighted by Gasteiger charge is 2.53.